The Balaban J connectivity index is 2.33. The van der Waals surface area contributed by atoms with Gasteiger partial charge in [-0.1, -0.05) is 28.9 Å². The van der Waals surface area contributed by atoms with Gasteiger partial charge in [0.2, 0.25) is 5.91 Å². The van der Waals surface area contributed by atoms with E-state index < -0.39 is 12.0 Å². The fraction of sp³-hybridized carbons (Fsp3) is 0.385. The van der Waals surface area contributed by atoms with Gasteiger partial charge < -0.3 is 15.2 Å². The maximum absolute atomic E-state index is 11.5. The summed E-state index contributed by atoms with van der Waals surface area (Å²) in [6.07, 6.45) is 0.476. The first-order chi connectivity index (χ1) is 9.02. The number of carboxylic acid groups (broad SMARTS) is 1. The fourth-order valence-corrected chi connectivity index (χ4v) is 1.80. The highest BCUT2D eigenvalue weighted by molar-refractivity contribution is 9.10. The van der Waals surface area contributed by atoms with Crippen LogP contribution in [0.2, 0.25) is 0 Å². The van der Waals surface area contributed by atoms with Gasteiger partial charge >= 0.3 is 5.97 Å². The van der Waals surface area contributed by atoms with Gasteiger partial charge in [-0.05, 0) is 24.6 Å². The van der Waals surface area contributed by atoms with Crippen LogP contribution in [0.3, 0.4) is 0 Å². The Labute approximate surface area is 120 Å². The Kier molecular flexibility index (Phi) is 6.35. The Bertz CT molecular complexity index is 450. The summed E-state index contributed by atoms with van der Waals surface area (Å²) in [6.45, 7) is 1.91. The van der Waals surface area contributed by atoms with Crippen molar-refractivity contribution in [3.63, 3.8) is 0 Å². The lowest BCUT2D eigenvalue weighted by atomic mass is 10.2. The minimum atomic E-state index is -1.02. The molecule has 19 heavy (non-hydrogen) atoms. The second kappa shape index (κ2) is 7.78. The zero-order valence-electron chi connectivity index (χ0n) is 10.6. The van der Waals surface area contributed by atoms with Gasteiger partial charge in [0, 0.05) is 4.47 Å². The number of carbonyl (C=O) groups is 2. The molecule has 2 N–H and O–H groups in total. The van der Waals surface area contributed by atoms with Crippen LogP contribution in [-0.2, 0) is 9.59 Å². The normalized spacial score (nSPS) is 11.7. The number of halogens is 1. The molecule has 0 saturated heterocycles. The highest BCUT2D eigenvalue weighted by Crippen LogP contribution is 2.17. The molecule has 1 aromatic carbocycles. The molecule has 1 amide bonds. The SMILES string of the molecule is CC[C@H](NC(=O)CCOc1cccc(Br)c1)C(=O)O. The number of benzene rings is 1. The molecule has 1 atom stereocenters. The molecule has 0 saturated carbocycles. The van der Waals surface area contributed by atoms with Crippen molar-refractivity contribution in [2.75, 3.05) is 6.61 Å². The molecule has 0 aliphatic rings. The Morgan fingerprint density at radius 1 is 1.47 bits per heavy atom. The number of ether oxygens (including phenoxy) is 1. The van der Waals surface area contributed by atoms with Crippen molar-refractivity contribution in [1.82, 2.24) is 5.32 Å². The van der Waals surface area contributed by atoms with E-state index in [-0.39, 0.29) is 18.9 Å². The van der Waals surface area contributed by atoms with Crippen LogP contribution in [0.15, 0.2) is 28.7 Å². The Morgan fingerprint density at radius 2 is 2.21 bits per heavy atom. The lowest BCUT2D eigenvalue weighted by molar-refractivity contribution is -0.142. The van der Waals surface area contributed by atoms with Crippen LogP contribution < -0.4 is 10.1 Å². The number of rotatable bonds is 7. The molecule has 0 aliphatic carbocycles. The van der Waals surface area contributed by atoms with Crippen LogP contribution in [-0.4, -0.2) is 29.6 Å². The second-order valence-electron chi connectivity index (χ2n) is 3.92. The van der Waals surface area contributed by atoms with Crippen molar-refractivity contribution in [3.8, 4) is 5.75 Å². The van der Waals surface area contributed by atoms with Crippen LogP contribution in [0.25, 0.3) is 0 Å². The quantitative estimate of drug-likeness (QED) is 0.804. The minimum Gasteiger partial charge on any atom is -0.493 e. The summed E-state index contributed by atoms with van der Waals surface area (Å²) >= 11 is 3.32. The van der Waals surface area contributed by atoms with E-state index in [1.807, 2.05) is 12.1 Å². The summed E-state index contributed by atoms with van der Waals surface area (Å²) in [5.74, 6) is -0.694. The number of nitrogens with one attached hydrogen (secondary N) is 1. The van der Waals surface area contributed by atoms with E-state index in [1.165, 1.54) is 0 Å². The van der Waals surface area contributed by atoms with Gasteiger partial charge in [-0.25, -0.2) is 4.79 Å². The molecule has 1 aromatic rings. The van der Waals surface area contributed by atoms with Gasteiger partial charge in [-0.3, -0.25) is 4.79 Å². The van der Waals surface area contributed by atoms with Gasteiger partial charge in [-0.15, -0.1) is 0 Å². The third kappa shape index (κ3) is 5.74. The van der Waals surface area contributed by atoms with Crippen molar-refractivity contribution in [2.24, 2.45) is 0 Å². The predicted octanol–water partition coefficient (Wildman–Crippen LogP) is 2.20. The van der Waals surface area contributed by atoms with E-state index in [0.717, 1.165) is 4.47 Å². The van der Waals surface area contributed by atoms with Crippen molar-refractivity contribution in [1.29, 1.82) is 0 Å². The highest BCUT2D eigenvalue weighted by Gasteiger charge is 2.17. The topological polar surface area (TPSA) is 75.6 Å². The second-order valence-corrected chi connectivity index (χ2v) is 4.84. The highest BCUT2D eigenvalue weighted by atomic mass is 79.9. The van der Waals surface area contributed by atoms with E-state index in [4.69, 9.17) is 9.84 Å². The average molecular weight is 330 g/mol. The standard InChI is InChI=1S/C13H16BrNO4/c1-2-11(13(17)18)15-12(16)6-7-19-10-5-3-4-9(14)8-10/h3-5,8,11H,2,6-7H2,1H3,(H,15,16)(H,17,18)/t11-/m0/s1. The van der Waals surface area contributed by atoms with Crippen LogP contribution in [0, 0.1) is 0 Å². The molecule has 0 bridgehead atoms. The first-order valence-corrected chi connectivity index (χ1v) is 6.72. The Morgan fingerprint density at radius 3 is 2.79 bits per heavy atom. The van der Waals surface area contributed by atoms with Crippen LogP contribution in [0.4, 0.5) is 0 Å². The van der Waals surface area contributed by atoms with Gasteiger partial charge in [0.25, 0.3) is 0 Å². The zero-order valence-corrected chi connectivity index (χ0v) is 12.1. The monoisotopic (exact) mass is 329 g/mol. The molecule has 5 nitrogen and oxygen atoms in total. The number of hydrogen-bond acceptors (Lipinski definition) is 3. The summed E-state index contributed by atoms with van der Waals surface area (Å²) in [6, 6.07) is 6.45. The molecule has 0 fully saturated rings. The predicted molar refractivity (Wildman–Crippen MR) is 74.1 cm³/mol. The molecule has 0 aromatic heterocycles. The summed E-state index contributed by atoms with van der Waals surface area (Å²) < 4.78 is 6.29. The van der Waals surface area contributed by atoms with E-state index >= 15 is 0 Å². The smallest absolute Gasteiger partial charge is 0.326 e. The van der Waals surface area contributed by atoms with Crippen LogP contribution >= 0.6 is 15.9 Å². The van der Waals surface area contributed by atoms with Crippen LogP contribution in [0.1, 0.15) is 19.8 Å². The van der Waals surface area contributed by atoms with Gasteiger partial charge in [0.05, 0.1) is 13.0 Å². The summed E-state index contributed by atoms with van der Waals surface area (Å²) in [5.41, 5.74) is 0. The molecule has 104 valence electrons. The van der Waals surface area contributed by atoms with E-state index in [9.17, 15) is 9.59 Å². The lowest BCUT2D eigenvalue weighted by Gasteiger charge is -2.12. The molecule has 0 heterocycles. The number of amides is 1. The van der Waals surface area contributed by atoms with Crippen molar-refractivity contribution < 1.29 is 19.4 Å². The van der Waals surface area contributed by atoms with Crippen LogP contribution in [0.5, 0.6) is 5.75 Å². The van der Waals surface area contributed by atoms with Gasteiger partial charge in [-0.2, -0.15) is 0 Å². The molecule has 0 spiro atoms. The van der Waals surface area contributed by atoms with Gasteiger partial charge in [0.15, 0.2) is 0 Å². The van der Waals surface area contributed by atoms with Crippen molar-refractivity contribution in [3.05, 3.63) is 28.7 Å². The fourth-order valence-electron chi connectivity index (χ4n) is 1.42. The maximum Gasteiger partial charge on any atom is 0.326 e. The molecular weight excluding hydrogens is 314 g/mol. The molecular formula is C13H16BrNO4. The van der Waals surface area contributed by atoms with E-state index in [2.05, 4.69) is 21.2 Å². The number of carbonyl (C=O) groups excluding carboxylic acids is 1. The van der Waals surface area contributed by atoms with Gasteiger partial charge in [0.1, 0.15) is 11.8 Å². The molecule has 0 aliphatic heterocycles. The van der Waals surface area contributed by atoms with Crippen molar-refractivity contribution >= 4 is 27.8 Å². The maximum atomic E-state index is 11.5. The third-order valence-electron chi connectivity index (χ3n) is 2.44. The molecule has 6 heteroatoms. The van der Waals surface area contributed by atoms with E-state index in [0.29, 0.717) is 12.2 Å². The number of hydrogen-bond donors (Lipinski definition) is 2. The first-order valence-electron chi connectivity index (χ1n) is 5.93. The summed E-state index contributed by atoms with van der Waals surface area (Å²) in [7, 11) is 0. The number of aliphatic carboxylic acids is 1. The Hall–Kier alpha value is -1.56. The summed E-state index contributed by atoms with van der Waals surface area (Å²) in [5, 5.41) is 11.2. The summed E-state index contributed by atoms with van der Waals surface area (Å²) in [4.78, 5) is 22.3. The van der Waals surface area contributed by atoms with E-state index in [1.54, 1.807) is 19.1 Å². The average Bonchev–Trinajstić information content (AvgIpc) is 2.35. The van der Waals surface area contributed by atoms with Crippen molar-refractivity contribution in [2.45, 2.75) is 25.8 Å². The molecule has 0 unspecified atom stereocenters. The zero-order chi connectivity index (χ0) is 14.3. The largest absolute Gasteiger partial charge is 0.493 e. The molecule has 0 radical (unpaired) electrons. The number of carboxylic acids is 1. The minimum absolute atomic E-state index is 0.121. The third-order valence-corrected chi connectivity index (χ3v) is 2.93. The first kappa shape index (κ1) is 15.5. The lowest BCUT2D eigenvalue weighted by Crippen LogP contribution is -2.40. The molecule has 1 rings (SSSR count).